The van der Waals surface area contributed by atoms with Gasteiger partial charge in [-0.15, -0.1) is 0 Å². The molecule has 198 valence electrons. The van der Waals surface area contributed by atoms with Gasteiger partial charge in [-0.05, 0) is 90.5 Å². The average Bonchev–Trinajstić information content (AvgIpc) is 2.66. The van der Waals surface area contributed by atoms with E-state index in [1.807, 2.05) is 41.5 Å². The number of nitrogens with zero attached hydrogens (tertiary/aromatic N) is 1. The number of carbonyl (C=O) groups is 3. The van der Waals surface area contributed by atoms with Crippen LogP contribution in [0.1, 0.15) is 92.3 Å². The molecule has 0 spiro atoms. The molecule has 0 aliphatic heterocycles. The second kappa shape index (κ2) is 12.3. The van der Waals surface area contributed by atoms with Crippen LogP contribution in [0.15, 0.2) is 18.2 Å². The maximum Gasteiger partial charge on any atom is 0.408 e. The first-order valence-corrected chi connectivity index (χ1v) is 12.4. The van der Waals surface area contributed by atoms with Crippen molar-refractivity contribution in [2.24, 2.45) is 5.92 Å². The number of benzene rings is 1. The summed E-state index contributed by atoms with van der Waals surface area (Å²) >= 11 is 0. The van der Waals surface area contributed by atoms with Gasteiger partial charge in [-0.25, -0.2) is 4.79 Å². The third kappa shape index (κ3) is 10.2. The number of phenolic OH excluding ortho intramolecular Hbond substituents is 1. The Morgan fingerprint density at radius 1 is 1.09 bits per heavy atom. The fourth-order valence-electron chi connectivity index (χ4n) is 3.71. The highest BCUT2D eigenvalue weighted by Crippen LogP contribution is 2.28. The van der Waals surface area contributed by atoms with Gasteiger partial charge < -0.3 is 25.4 Å². The van der Waals surface area contributed by atoms with Crippen molar-refractivity contribution in [2.75, 3.05) is 6.54 Å². The van der Waals surface area contributed by atoms with Crippen molar-refractivity contribution in [3.8, 4) is 5.75 Å². The van der Waals surface area contributed by atoms with E-state index in [0.717, 1.165) is 0 Å². The van der Waals surface area contributed by atoms with Crippen LogP contribution in [0.4, 0.5) is 4.79 Å². The Morgan fingerprint density at radius 2 is 1.69 bits per heavy atom. The van der Waals surface area contributed by atoms with Crippen LogP contribution in [-0.2, 0) is 14.3 Å². The monoisotopic (exact) mass is 491 g/mol. The summed E-state index contributed by atoms with van der Waals surface area (Å²) in [6, 6.07) is 3.11. The zero-order valence-electron chi connectivity index (χ0n) is 23.1. The summed E-state index contributed by atoms with van der Waals surface area (Å²) in [7, 11) is 0. The summed E-state index contributed by atoms with van der Waals surface area (Å²) in [4.78, 5) is 41.6. The van der Waals surface area contributed by atoms with Gasteiger partial charge >= 0.3 is 6.09 Å². The van der Waals surface area contributed by atoms with E-state index in [1.165, 1.54) is 11.0 Å². The van der Waals surface area contributed by atoms with E-state index in [2.05, 4.69) is 10.6 Å². The molecule has 3 amide bonds. The van der Waals surface area contributed by atoms with Crippen molar-refractivity contribution in [3.05, 3.63) is 29.3 Å². The molecular weight excluding hydrogens is 446 g/mol. The molecule has 3 N–H and O–H groups in total. The fourth-order valence-corrected chi connectivity index (χ4v) is 3.71. The summed E-state index contributed by atoms with van der Waals surface area (Å²) in [5.41, 5.74) is -0.0407. The zero-order chi connectivity index (χ0) is 27.1. The Morgan fingerprint density at radius 3 is 2.14 bits per heavy atom. The van der Waals surface area contributed by atoms with Crippen LogP contribution in [-0.4, -0.2) is 51.6 Å². The summed E-state index contributed by atoms with van der Waals surface area (Å²) in [6.45, 7) is 18.8. The number of phenols is 1. The number of aryl methyl sites for hydroxylation is 1. The van der Waals surface area contributed by atoms with E-state index >= 15 is 0 Å². The standard InChI is InChI=1S/C27H45N3O5/c1-11-14-30(24(33)20(15-17(2)3)28-25(34)35-27(8,9)10)22(23(32)29-26(5,6)7)19-12-13-21(31)18(4)16-19/h12-13,16-17,20,22,31H,11,14-15H2,1-10H3,(H,28,34)(H,29,32). The van der Waals surface area contributed by atoms with Crippen molar-refractivity contribution >= 4 is 17.9 Å². The maximum absolute atomic E-state index is 13.9. The third-order valence-electron chi connectivity index (χ3n) is 5.04. The Bertz CT molecular complexity index is 884. The van der Waals surface area contributed by atoms with Gasteiger partial charge in [0.15, 0.2) is 0 Å². The van der Waals surface area contributed by atoms with E-state index in [9.17, 15) is 19.5 Å². The summed E-state index contributed by atoms with van der Waals surface area (Å²) in [5, 5.41) is 15.8. The Kier molecular flexibility index (Phi) is 10.6. The van der Waals surface area contributed by atoms with Crippen molar-refractivity contribution in [1.82, 2.24) is 15.5 Å². The molecule has 2 atom stereocenters. The van der Waals surface area contributed by atoms with Crippen LogP contribution in [0.3, 0.4) is 0 Å². The number of carbonyl (C=O) groups excluding carboxylic acids is 3. The van der Waals surface area contributed by atoms with Gasteiger partial charge in [0.1, 0.15) is 23.4 Å². The highest BCUT2D eigenvalue weighted by atomic mass is 16.6. The van der Waals surface area contributed by atoms with Crippen LogP contribution in [0.5, 0.6) is 5.75 Å². The molecule has 2 unspecified atom stereocenters. The lowest BCUT2D eigenvalue weighted by atomic mass is 9.97. The molecule has 8 nitrogen and oxygen atoms in total. The summed E-state index contributed by atoms with van der Waals surface area (Å²) in [6.07, 6.45) is 0.327. The van der Waals surface area contributed by atoms with Gasteiger partial charge in [0.2, 0.25) is 11.8 Å². The Labute approximate surface area is 210 Å². The predicted octanol–water partition coefficient (Wildman–Crippen LogP) is 4.83. The van der Waals surface area contributed by atoms with Crippen LogP contribution < -0.4 is 10.6 Å². The first-order chi connectivity index (χ1) is 15.9. The highest BCUT2D eigenvalue weighted by molar-refractivity contribution is 5.92. The summed E-state index contributed by atoms with van der Waals surface area (Å²) < 4.78 is 5.40. The van der Waals surface area contributed by atoms with E-state index in [4.69, 9.17) is 4.74 Å². The third-order valence-corrected chi connectivity index (χ3v) is 5.04. The number of amides is 3. The minimum atomic E-state index is -0.934. The van der Waals surface area contributed by atoms with E-state index in [0.29, 0.717) is 30.5 Å². The predicted molar refractivity (Wildman–Crippen MR) is 138 cm³/mol. The lowest BCUT2D eigenvalue weighted by Gasteiger charge is -2.36. The van der Waals surface area contributed by atoms with E-state index in [-0.39, 0.29) is 23.5 Å². The van der Waals surface area contributed by atoms with Gasteiger partial charge in [0.05, 0.1) is 0 Å². The molecule has 1 rings (SSSR count). The quantitative estimate of drug-likeness (QED) is 0.458. The topological polar surface area (TPSA) is 108 Å². The molecule has 35 heavy (non-hydrogen) atoms. The average molecular weight is 492 g/mol. The minimum Gasteiger partial charge on any atom is -0.508 e. The van der Waals surface area contributed by atoms with Crippen LogP contribution in [0.25, 0.3) is 0 Å². The van der Waals surface area contributed by atoms with E-state index < -0.39 is 29.3 Å². The molecule has 0 aromatic heterocycles. The number of rotatable bonds is 9. The minimum absolute atomic E-state index is 0.111. The molecule has 1 aromatic rings. The van der Waals surface area contributed by atoms with Crippen molar-refractivity contribution in [1.29, 1.82) is 0 Å². The number of hydrogen-bond acceptors (Lipinski definition) is 5. The van der Waals surface area contributed by atoms with Gasteiger partial charge in [-0.2, -0.15) is 0 Å². The molecule has 0 aliphatic carbocycles. The lowest BCUT2D eigenvalue weighted by Crippen LogP contribution is -2.55. The van der Waals surface area contributed by atoms with Crippen molar-refractivity contribution in [3.63, 3.8) is 0 Å². The smallest absolute Gasteiger partial charge is 0.408 e. The number of alkyl carbamates (subject to hydrolysis) is 1. The first kappa shape index (κ1) is 30.3. The zero-order valence-corrected chi connectivity index (χ0v) is 23.1. The second-order valence-electron chi connectivity index (χ2n) is 11.5. The molecule has 1 aromatic carbocycles. The second-order valence-corrected chi connectivity index (χ2v) is 11.5. The first-order valence-electron chi connectivity index (χ1n) is 12.4. The van der Waals surface area contributed by atoms with Crippen LogP contribution in [0, 0.1) is 12.8 Å². The van der Waals surface area contributed by atoms with Gasteiger partial charge in [0, 0.05) is 12.1 Å². The largest absolute Gasteiger partial charge is 0.508 e. The molecule has 0 radical (unpaired) electrons. The van der Waals surface area contributed by atoms with Crippen molar-refractivity contribution in [2.45, 2.75) is 105 Å². The molecule has 8 heteroatoms. The molecule has 0 saturated carbocycles. The van der Waals surface area contributed by atoms with Gasteiger partial charge in [0.25, 0.3) is 0 Å². The molecule has 0 bridgehead atoms. The number of hydrogen-bond donors (Lipinski definition) is 3. The van der Waals surface area contributed by atoms with Gasteiger partial charge in [-0.1, -0.05) is 26.8 Å². The summed E-state index contributed by atoms with van der Waals surface area (Å²) in [5.74, 6) is -0.461. The SMILES string of the molecule is CCCN(C(=O)C(CC(C)C)NC(=O)OC(C)(C)C)C(C(=O)NC(C)(C)C)c1ccc(O)c(C)c1. The Balaban J connectivity index is 3.50. The lowest BCUT2D eigenvalue weighted by molar-refractivity contribution is -0.143. The maximum atomic E-state index is 13.9. The van der Waals surface area contributed by atoms with Crippen molar-refractivity contribution < 1.29 is 24.2 Å². The molecule has 0 fully saturated rings. The fraction of sp³-hybridized carbons (Fsp3) is 0.667. The van der Waals surface area contributed by atoms with Gasteiger partial charge in [-0.3, -0.25) is 9.59 Å². The molecular formula is C27H45N3O5. The van der Waals surface area contributed by atoms with Crippen LogP contribution in [0.2, 0.25) is 0 Å². The number of aromatic hydroxyl groups is 1. The molecule has 0 saturated heterocycles. The van der Waals surface area contributed by atoms with E-state index in [1.54, 1.807) is 39.8 Å². The van der Waals surface area contributed by atoms with Crippen LogP contribution >= 0.6 is 0 Å². The number of nitrogens with one attached hydrogen (secondary N) is 2. The molecule has 0 aliphatic rings. The molecule has 0 heterocycles. The Hall–Kier alpha value is -2.77. The highest BCUT2D eigenvalue weighted by Gasteiger charge is 2.37. The normalized spacial score (nSPS) is 13.7. The number of ether oxygens (including phenoxy) is 1.